The van der Waals surface area contributed by atoms with Gasteiger partial charge in [0.2, 0.25) is 0 Å². The molecule has 0 heterocycles. The first-order chi connectivity index (χ1) is 9.04. The smallest absolute Gasteiger partial charge is 0.323 e. The van der Waals surface area contributed by atoms with Gasteiger partial charge >= 0.3 is 5.97 Å². The van der Waals surface area contributed by atoms with E-state index in [0.29, 0.717) is 5.56 Å². The summed E-state index contributed by atoms with van der Waals surface area (Å²) in [6, 6.07) is 4.02. The molecule has 0 radical (unpaired) electrons. The second-order valence-corrected chi connectivity index (χ2v) is 6.29. The monoisotopic (exact) mass is 277 g/mol. The second-order valence-electron chi connectivity index (χ2n) is 6.29. The van der Waals surface area contributed by atoms with E-state index in [1.165, 1.54) is 17.5 Å². The number of nitrogens with zero attached hydrogens (tertiary/aromatic N) is 1. The van der Waals surface area contributed by atoms with Crippen LogP contribution in [0.1, 0.15) is 47.8 Å². The fourth-order valence-corrected chi connectivity index (χ4v) is 2.20. The maximum absolute atomic E-state index is 12.3. The maximum Gasteiger partial charge on any atom is 0.323 e. The third-order valence-corrected chi connectivity index (χ3v) is 3.33. The number of carboxylic acid groups (broad SMARTS) is 1. The average molecular weight is 277 g/mol. The molecule has 1 aromatic carbocycles. The quantitative estimate of drug-likeness (QED) is 0.924. The molecule has 0 bridgehead atoms. The zero-order chi connectivity index (χ0) is 15.7. The number of carbonyl (C=O) groups is 2. The lowest BCUT2D eigenvalue weighted by molar-refractivity contribution is -0.137. The van der Waals surface area contributed by atoms with Gasteiger partial charge in [-0.25, -0.2) is 0 Å². The van der Waals surface area contributed by atoms with Crippen LogP contribution in [0.4, 0.5) is 0 Å². The fourth-order valence-electron chi connectivity index (χ4n) is 2.20. The highest BCUT2D eigenvalue weighted by Crippen LogP contribution is 2.27. The lowest BCUT2D eigenvalue weighted by atomic mass is 9.83. The van der Waals surface area contributed by atoms with Crippen LogP contribution >= 0.6 is 0 Å². The van der Waals surface area contributed by atoms with Gasteiger partial charge in [-0.1, -0.05) is 32.9 Å². The molecule has 4 nitrogen and oxygen atoms in total. The van der Waals surface area contributed by atoms with Crippen LogP contribution in [0.5, 0.6) is 0 Å². The lowest BCUT2D eigenvalue weighted by Crippen LogP contribution is -2.33. The molecule has 0 saturated heterocycles. The number of hydrogen-bond donors (Lipinski definition) is 1. The molecule has 1 rings (SSSR count). The standard InChI is InChI=1S/C16H23NO3/c1-10-7-12(16(3,4)5)8-11(2)14(10)15(20)17(6)9-13(18)19/h7-8H,9H2,1-6H3,(H,18,19). The number of hydrogen-bond acceptors (Lipinski definition) is 2. The topological polar surface area (TPSA) is 57.6 Å². The van der Waals surface area contributed by atoms with Crippen molar-refractivity contribution >= 4 is 11.9 Å². The Bertz CT molecular complexity index is 518. The number of amides is 1. The summed E-state index contributed by atoms with van der Waals surface area (Å²) in [5.41, 5.74) is 3.56. The van der Waals surface area contributed by atoms with Crippen molar-refractivity contribution in [1.29, 1.82) is 0 Å². The molecule has 0 aliphatic carbocycles. The minimum Gasteiger partial charge on any atom is -0.480 e. The van der Waals surface area contributed by atoms with Crippen molar-refractivity contribution in [3.8, 4) is 0 Å². The Morgan fingerprint density at radius 2 is 1.60 bits per heavy atom. The van der Waals surface area contributed by atoms with Crippen molar-refractivity contribution in [3.63, 3.8) is 0 Å². The number of aryl methyl sites for hydroxylation is 2. The van der Waals surface area contributed by atoms with Crippen LogP contribution in [0.3, 0.4) is 0 Å². The predicted molar refractivity (Wildman–Crippen MR) is 79.2 cm³/mol. The summed E-state index contributed by atoms with van der Waals surface area (Å²) in [5, 5.41) is 8.78. The summed E-state index contributed by atoms with van der Waals surface area (Å²) < 4.78 is 0. The van der Waals surface area contributed by atoms with Crippen LogP contribution in [0.2, 0.25) is 0 Å². The van der Waals surface area contributed by atoms with Gasteiger partial charge in [0.15, 0.2) is 0 Å². The highest BCUT2D eigenvalue weighted by molar-refractivity contribution is 5.98. The first-order valence-electron chi connectivity index (χ1n) is 6.63. The number of aliphatic carboxylic acids is 1. The van der Waals surface area contributed by atoms with Crippen LogP contribution in [0.25, 0.3) is 0 Å². The molecule has 0 aliphatic rings. The van der Waals surface area contributed by atoms with Crippen molar-refractivity contribution in [3.05, 3.63) is 34.4 Å². The molecule has 0 spiro atoms. The van der Waals surface area contributed by atoms with Gasteiger partial charge in [-0.2, -0.15) is 0 Å². The van der Waals surface area contributed by atoms with E-state index in [9.17, 15) is 9.59 Å². The third kappa shape index (κ3) is 3.59. The molecule has 0 aromatic heterocycles. The van der Waals surface area contributed by atoms with E-state index in [-0.39, 0.29) is 17.9 Å². The Kier molecular flexibility index (Phi) is 4.58. The van der Waals surface area contributed by atoms with E-state index in [4.69, 9.17) is 5.11 Å². The lowest BCUT2D eigenvalue weighted by Gasteiger charge is -2.23. The van der Waals surface area contributed by atoms with E-state index in [2.05, 4.69) is 20.8 Å². The molecule has 0 saturated carbocycles. The summed E-state index contributed by atoms with van der Waals surface area (Å²) in [7, 11) is 1.51. The van der Waals surface area contributed by atoms with Gasteiger partial charge in [-0.05, 0) is 36.0 Å². The third-order valence-electron chi connectivity index (χ3n) is 3.33. The van der Waals surface area contributed by atoms with E-state index in [0.717, 1.165) is 11.1 Å². The number of carboxylic acids is 1. The van der Waals surface area contributed by atoms with E-state index < -0.39 is 5.97 Å². The summed E-state index contributed by atoms with van der Waals surface area (Å²) in [6.07, 6.45) is 0. The van der Waals surface area contributed by atoms with E-state index in [1.54, 1.807) is 0 Å². The van der Waals surface area contributed by atoms with Gasteiger partial charge in [0.05, 0.1) is 0 Å². The highest BCUT2D eigenvalue weighted by atomic mass is 16.4. The Balaban J connectivity index is 3.21. The second kappa shape index (κ2) is 5.65. The minimum absolute atomic E-state index is 0.0179. The molecule has 110 valence electrons. The van der Waals surface area contributed by atoms with Crippen LogP contribution < -0.4 is 0 Å². The molecular formula is C16H23NO3. The summed E-state index contributed by atoms with van der Waals surface area (Å²) in [4.78, 5) is 24.3. The molecule has 1 aromatic rings. The Labute approximate surface area is 120 Å². The number of rotatable bonds is 3. The van der Waals surface area contributed by atoms with Crippen molar-refractivity contribution in [2.24, 2.45) is 0 Å². The number of benzene rings is 1. The first kappa shape index (κ1) is 16.2. The van der Waals surface area contributed by atoms with Crippen LogP contribution in [-0.4, -0.2) is 35.5 Å². The Morgan fingerprint density at radius 1 is 1.15 bits per heavy atom. The Morgan fingerprint density at radius 3 is 1.95 bits per heavy atom. The summed E-state index contributed by atoms with van der Waals surface area (Å²) >= 11 is 0. The molecule has 1 N–H and O–H groups in total. The van der Waals surface area contributed by atoms with E-state index in [1.807, 2.05) is 26.0 Å². The van der Waals surface area contributed by atoms with Crippen LogP contribution in [0.15, 0.2) is 12.1 Å². The fraction of sp³-hybridized carbons (Fsp3) is 0.500. The molecular weight excluding hydrogens is 254 g/mol. The van der Waals surface area contributed by atoms with Gasteiger partial charge < -0.3 is 10.0 Å². The van der Waals surface area contributed by atoms with Gasteiger partial charge in [-0.3, -0.25) is 9.59 Å². The van der Waals surface area contributed by atoms with Crippen molar-refractivity contribution in [1.82, 2.24) is 4.90 Å². The van der Waals surface area contributed by atoms with Gasteiger partial charge in [0, 0.05) is 12.6 Å². The number of carbonyl (C=O) groups excluding carboxylic acids is 1. The van der Waals surface area contributed by atoms with Crippen molar-refractivity contribution in [2.45, 2.75) is 40.0 Å². The molecule has 20 heavy (non-hydrogen) atoms. The molecule has 0 fully saturated rings. The summed E-state index contributed by atoms with van der Waals surface area (Å²) in [6.45, 7) is 9.87. The molecule has 4 heteroatoms. The van der Waals surface area contributed by atoms with Crippen molar-refractivity contribution in [2.75, 3.05) is 13.6 Å². The minimum atomic E-state index is -1.01. The molecule has 0 atom stereocenters. The van der Waals surface area contributed by atoms with Gasteiger partial charge in [0.25, 0.3) is 5.91 Å². The average Bonchev–Trinajstić information content (AvgIpc) is 2.25. The molecule has 0 aliphatic heterocycles. The normalized spacial score (nSPS) is 11.3. The summed E-state index contributed by atoms with van der Waals surface area (Å²) in [5.74, 6) is -1.26. The molecule has 0 unspecified atom stereocenters. The van der Waals surface area contributed by atoms with Gasteiger partial charge in [0.1, 0.15) is 6.54 Å². The maximum atomic E-state index is 12.3. The zero-order valence-electron chi connectivity index (χ0n) is 13.1. The Hall–Kier alpha value is -1.84. The van der Waals surface area contributed by atoms with Crippen LogP contribution in [-0.2, 0) is 10.2 Å². The predicted octanol–water partition coefficient (Wildman–Crippen LogP) is 2.76. The van der Waals surface area contributed by atoms with E-state index >= 15 is 0 Å². The van der Waals surface area contributed by atoms with Crippen LogP contribution in [0, 0.1) is 13.8 Å². The SMILES string of the molecule is Cc1cc(C(C)(C)C)cc(C)c1C(=O)N(C)CC(=O)O. The van der Waals surface area contributed by atoms with Gasteiger partial charge in [-0.15, -0.1) is 0 Å². The van der Waals surface area contributed by atoms with Crippen molar-refractivity contribution < 1.29 is 14.7 Å². The molecule has 1 amide bonds. The largest absolute Gasteiger partial charge is 0.480 e. The first-order valence-corrected chi connectivity index (χ1v) is 6.63. The highest BCUT2D eigenvalue weighted by Gasteiger charge is 2.22. The zero-order valence-corrected chi connectivity index (χ0v) is 13.1. The number of likely N-dealkylation sites (N-methyl/N-ethyl adjacent to an activating group) is 1.